The molecule has 0 radical (unpaired) electrons. The standard InChI is InChI=1S/C21H17BrN4O/c1-14-2-4-16(5-3-14)20-11-10-18(27-20)12-25-26-19(13-24-21(26)23)15-6-8-17(22)9-7-15/h2-13H,1H3,(H2,23,24). The second kappa shape index (κ2) is 7.25. The van der Waals surface area contributed by atoms with Gasteiger partial charge in [0.15, 0.2) is 0 Å². The van der Waals surface area contributed by atoms with Crippen LogP contribution >= 0.6 is 15.9 Å². The predicted octanol–water partition coefficient (Wildman–Crippen LogP) is 5.35. The van der Waals surface area contributed by atoms with Crippen molar-refractivity contribution in [1.82, 2.24) is 9.66 Å². The van der Waals surface area contributed by atoms with E-state index in [9.17, 15) is 0 Å². The molecule has 2 heterocycles. The number of anilines is 1. The predicted molar refractivity (Wildman–Crippen MR) is 112 cm³/mol. The smallest absolute Gasteiger partial charge is 0.221 e. The summed E-state index contributed by atoms with van der Waals surface area (Å²) in [5.41, 5.74) is 10.00. The summed E-state index contributed by atoms with van der Waals surface area (Å²) in [4.78, 5) is 4.17. The zero-order valence-electron chi connectivity index (χ0n) is 14.6. The first-order chi connectivity index (χ1) is 13.1. The average molecular weight is 421 g/mol. The third-order valence-electron chi connectivity index (χ3n) is 4.17. The summed E-state index contributed by atoms with van der Waals surface area (Å²) >= 11 is 3.44. The maximum Gasteiger partial charge on any atom is 0.221 e. The lowest BCUT2D eigenvalue weighted by Crippen LogP contribution is -1.99. The first-order valence-electron chi connectivity index (χ1n) is 8.40. The number of hydrogen-bond acceptors (Lipinski definition) is 4. The lowest BCUT2D eigenvalue weighted by molar-refractivity contribution is 0.574. The van der Waals surface area contributed by atoms with Gasteiger partial charge in [0.25, 0.3) is 0 Å². The summed E-state index contributed by atoms with van der Waals surface area (Å²) in [6.45, 7) is 2.06. The lowest BCUT2D eigenvalue weighted by Gasteiger charge is -2.04. The molecule has 134 valence electrons. The van der Waals surface area contributed by atoms with Gasteiger partial charge >= 0.3 is 0 Å². The Morgan fingerprint density at radius 1 is 1.00 bits per heavy atom. The number of nitrogen functional groups attached to an aromatic ring is 1. The van der Waals surface area contributed by atoms with E-state index in [1.807, 2.05) is 48.5 Å². The summed E-state index contributed by atoms with van der Waals surface area (Å²) in [5, 5.41) is 4.45. The molecule has 0 amide bonds. The van der Waals surface area contributed by atoms with Crippen molar-refractivity contribution in [3.8, 4) is 22.6 Å². The van der Waals surface area contributed by atoms with Crippen molar-refractivity contribution in [3.05, 3.63) is 82.7 Å². The molecule has 5 nitrogen and oxygen atoms in total. The molecule has 6 heteroatoms. The molecule has 0 saturated carbocycles. The first kappa shape index (κ1) is 17.3. The number of nitrogens with two attached hydrogens (primary N) is 1. The minimum Gasteiger partial charge on any atom is -0.455 e. The third kappa shape index (κ3) is 3.71. The minimum absolute atomic E-state index is 0.314. The van der Waals surface area contributed by atoms with Crippen molar-refractivity contribution in [2.45, 2.75) is 6.92 Å². The van der Waals surface area contributed by atoms with Gasteiger partial charge in [0.1, 0.15) is 11.5 Å². The van der Waals surface area contributed by atoms with Gasteiger partial charge in [-0.15, -0.1) is 0 Å². The average Bonchev–Trinajstić information content (AvgIpc) is 3.28. The number of halogens is 1. The van der Waals surface area contributed by atoms with Crippen LogP contribution in [-0.2, 0) is 0 Å². The first-order valence-corrected chi connectivity index (χ1v) is 9.20. The zero-order chi connectivity index (χ0) is 18.8. The fraction of sp³-hybridized carbons (Fsp3) is 0.0476. The largest absolute Gasteiger partial charge is 0.455 e. The molecule has 4 rings (SSSR count). The van der Waals surface area contributed by atoms with Crippen molar-refractivity contribution in [1.29, 1.82) is 0 Å². The van der Waals surface area contributed by atoms with Crippen LogP contribution in [0.4, 0.5) is 5.95 Å². The monoisotopic (exact) mass is 420 g/mol. The number of nitrogens with zero attached hydrogens (tertiary/aromatic N) is 3. The van der Waals surface area contributed by atoms with Crippen LogP contribution in [0.2, 0.25) is 0 Å². The van der Waals surface area contributed by atoms with Crippen molar-refractivity contribution < 1.29 is 4.42 Å². The van der Waals surface area contributed by atoms with Crippen LogP contribution in [-0.4, -0.2) is 15.9 Å². The van der Waals surface area contributed by atoms with Crippen LogP contribution < -0.4 is 5.73 Å². The minimum atomic E-state index is 0.314. The van der Waals surface area contributed by atoms with Gasteiger partial charge in [0.05, 0.1) is 18.1 Å². The van der Waals surface area contributed by atoms with Crippen LogP contribution in [0.1, 0.15) is 11.3 Å². The van der Waals surface area contributed by atoms with Crippen molar-refractivity contribution in [3.63, 3.8) is 0 Å². The molecule has 0 fully saturated rings. The van der Waals surface area contributed by atoms with E-state index in [1.165, 1.54) is 5.56 Å². The molecule has 2 aromatic heterocycles. The second-order valence-electron chi connectivity index (χ2n) is 6.13. The highest BCUT2D eigenvalue weighted by Gasteiger charge is 2.09. The summed E-state index contributed by atoms with van der Waals surface area (Å²) in [6, 6.07) is 19.9. The number of aryl methyl sites for hydroxylation is 1. The molecular weight excluding hydrogens is 404 g/mol. The number of benzene rings is 2. The van der Waals surface area contributed by atoms with E-state index in [0.29, 0.717) is 11.7 Å². The fourth-order valence-electron chi connectivity index (χ4n) is 2.71. The van der Waals surface area contributed by atoms with E-state index in [2.05, 4.69) is 45.1 Å². The van der Waals surface area contributed by atoms with E-state index < -0.39 is 0 Å². The molecule has 0 aliphatic rings. The van der Waals surface area contributed by atoms with Gasteiger partial charge in [-0.2, -0.15) is 9.78 Å². The van der Waals surface area contributed by atoms with E-state index in [-0.39, 0.29) is 0 Å². The quantitative estimate of drug-likeness (QED) is 0.452. The molecule has 0 bridgehead atoms. The normalized spacial score (nSPS) is 11.3. The second-order valence-corrected chi connectivity index (χ2v) is 7.05. The van der Waals surface area contributed by atoms with Crippen LogP contribution in [0.3, 0.4) is 0 Å². The van der Waals surface area contributed by atoms with Gasteiger partial charge in [-0.1, -0.05) is 57.9 Å². The summed E-state index contributed by atoms with van der Waals surface area (Å²) < 4.78 is 8.48. The zero-order valence-corrected chi connectivity index (χ0v) is 16.2. The molecule has 27 heavy (non-hydrogen) atoms. The Balaban J connectivity index is 1.61. The summed E-state index contributed by atoms with van der Waals surface area (Å²) in [7, 11) is 0. The fourth-order valence-corrected chi connectivity index (χ4v) is 2.97. The Hall–Kier alpha value is -3.12. The molecular formula is C21H17BrN4O. The number of aromatic nitrogens is 2. The Morgan fingerprint density at radius 2 is 1.70 bits per heavy atom. The Labute approximate surface area is 165 Å². The van der Waals surface area contributed by atoms with E-state index in [0.717, 1.165) is 27.1 Å². The number of hydrogen-bond donors (Lipinski definition) is 1. The molecule has 2 N–H and O–H groups in total. The van der Waals surface area contributed by atoms with Gasteiger partial charge in [0, 0.05) is 15.6 Å². The maximum atomic E-state index is 5.98. The number of furan rings is 1. The highest BCUT2D eigenvalue weighted by atomic mass is 79.9. The van der Waals surface area contributed by atoms with Crippen LogP contribution in [0.25, 0.3) is 22.6 Å². The van der Waals surface area contributed by atoms with Gasteiger partial charge in [-0.3, -0.25) is 0 Å². The van der Waals surface area contributed by atoms with Crippen molar-refractivity contribution >= 4 is 28.1 Å². The Bertz CT molecular complexity index is 1090. The molecule has 0 saturated heterocycles. The Kier molecular flexibility index (Phi) is 4.64. The SMILES string of the molecule is Cc1ccc(-c2ccc(C=Nn3c(-c4ccc(Br)cc4)cnc3N)o2)cc1. The van der Waals surface area contributed by atoms with Crippen LogP contribution in [0.15, 0.2) is 80.9 Å². The molecule has 0 aliphatic heterocycles. The number of imidazole rings is 1. The highest BCUT2D eigenvalue weighted by Crippen LogP contribution is 2.25. The van der Waals surface area contributed by atoms with Gasteiger partial charge in [-0.25, -0.2) is 4.98 Å². The number of rotatable bonds is 4. The lowest BCUT2D eigenvalue weighted by atomic mass is 10.1. The molecule has 0 atom stereocenters. The summed E-state index contributed by atoms with van der Waals surface area (Å²) in [6.07, 6.45) is 3.34. The highest BCUT2D eigenvalue weighted by molar-refractivity contribution is 9.10. The van der Waals surface area contributed by atoms with E-state index in [1.54, 1.807) is 17.1 Å². The molecule has 2 aromatic carbocycles. The van der Waals surface area contributed by atoms with Crippen LogP contribution in [0.5, 0.6) is 0 Å². The maximum absolute atomic E-state index is 5.98. The molecule has 0 unspecified atom stereocenters. The molecule has 0 aliphatic carbocycles. The molecule has 4 aromatic rings. The molecule has 0 spiro atoms. The van der Waals surface area contributed by atoms with Crippen molar-refractivity contribution in [2.24, 2.45) is 5.10 Å². The van der Waals surface area contributed by atoms with Crippen LogP contribution in [0, 0.1) is 6.92 Å². The van der Waals surface area contributed by atoms with Gasteiger partial charge < -0.3 is 10.2 Å². The van der Waals surface area contributed by atoms with E-state index in [4.69, 9.17) is 10.2 Å². The van der Waals surface area contributed by atoms with E-state index >= 15 is 0 Å². The topological polar surface area (TPSA) is 69.3 Å². The van der Waals surface area contributed by atoms with Crippen molar-refractivity contribution in [2.75, 3.05) is 5.73 Å². The third-order valence-corrected chi connectivity index (χ3v) is 4.70. The van der Waals surface area contributed by atoms with Gasteiger partial charge in [0.2, 0.25) is 5.95 Å². The van der Waals surface area contributed by atoms with Gasteiger partial charge in [-0.05, 0) is 31.2 Å². The summed E-state index contributed by atoms with van der Waals surface area (Å²) in [5.74, 6) is 1.75. The Morgan fingerprint density at radius 3 is 2.44 bits per heavy atom.